The molecule has 1 heterocycles. The molecule has 0 N–H and O–H groups in total. The second-order valence-electron chi connectivity index (χ2n) is 5.10. The lowest BCUT2D eigenvalue weighted by Crippen LogP contribution is -2.31. The molecule has 0 radical (unpaired) electrons. The van der Waals surface area contributed by atoms with E-state index in [1.807, 2.05) is 24.3 Å². The van der Waals surface area contributed by atoms with Crippen molar-refractivity contribution in [1.82, 2.24) is 9.88 Å². The van der Waals surface area contributed by atoms with Gasteiger partial charge in [-0.1, -0.05) is 29.8 Å². The zero-order valence-electron chi connectivity index (χ0n) is 11.8. The summed E-state index contributed by atoms with van der Waals surface area (Å²) >= 11 is 6.28. The fourth-order valence-electron chi connectivity index (χ4n) is 2.18. The van der Waals surface area contributed by atoms with Crippen LogP contribution in [0, 0.1) is 11.3 Å². The Morgan fingerprint density at radius 3 is 2.80 bits per heavy atom. The van der Waals surface area contributed by atoms with Gasteiger partial charge < -0.3 is 0 Å². The summed E-state index contributed by atoms with van der Waals surface area (Å²) in [6.45, 7) is 5.72. The van der Waals surface area contributed by atoms with Gasteiger partial charge in [0.05, 0.1) is 11.6 Å². The molecule has 0 aliphatic heterocycles. The highest BCUT2D eigenvalue weighted by atomic mass is 35.5. The van der Waals surface area contributed by atoms with Crippen molar-refractivity contribution < 1.29 is 0 Å². The van der Waals surface area contributed by atoms with Crippen LogP contribution in [0.4, 0.5) is 0 Å². The van der Waals surface area contributed by atoms with Crippen LogP contribution >= 0.6 is 11.6 Å². The molecule has 2 aromatic rings. The van der Waals surface area contributed by atoms with Gasteiger partial charge in [0.25, 0.3) is 0 Å². The van der Waals surface area contributed by atoms with Gasteiger partial charge in [0.15, 0.2) is 0 Å². The second-order valence-corrected chi connectivity index (χ2v) is 5.46. The zero-order valence-corrected chi connectivity index (χ0v) is 12.6. The van der Waals surface area contributed by atoms with Crippen molar-refractivity contribution in [2.24, 2.45) is 0 Å². The van der Waals surface area contributed by atoms with Crippen molar-refractivity contribution in [2.75, 3.05) is 6.54 Å². The standard InChI is InChI=1S/C16H18ClN3/c1-12(2)20(9-5-8-18)11-14-10-13-6-3-4-7-15(13)19-16(14)17/h3-4,6-7,10,12H,5,9,11H2,1-2H3. The summed E-state index contributed by atoms with van der Waals surface area (Å²) in [7, 11) is 0. The molecule has 0 amide bonds. The third kappa shape index (κ3) is 3.47. The largest absolute Gasteiger partial charge is 0.296 e. The summed E-state index contributed by atoms with van der Waals surface area (Å²) in [5.41, 5.74) is 1.92. The lowest BCUT2D eigenvalue weighted by Gasteiger charge is -2.25. The van der Waals surface area contributed by atoms with E-state index in [0.717, 1.165) is 29.6 Å². The number of pyridine rings is 1. The summed E-state index contributed by atoms with van der Waals surface area (Å²) in [4.78, 5) is 6.68. The number of hydrogen-bond donors (Lipinski definition) is 0. The van der Waals surface area contributed by atoms with Gasteiger partial charge in [0, 0.05) is 36.5 Å². The molecule has 20 heavy (non-hydrogen) atoms. The second kappa shape index (κ2) is 6.69. The van der Waals surface area contributed by atoms with Crippen molar-refractivity contribution in [1.29, 1.82) is 5.26 Å². The average Bonchev–Trinajstić information content (AvgIpc) is 2.43. The molecule has 3 nitrogen and oxygen atoms in total. The van der Waals surface area contributed by atoms with Gasteiger partial charge in [0.1, 0.15) is 5.15 Å². The smallest absolute Gasteiger partial charge is 0.134 e. The minimum Gasteiger partial charge on any atom is -0.296 e. The monoisotopic (exact) mass is 287 g/mol. The molecule has 0 aliphatic carbocycles. The molecule has 0 unspecified atom stereocenters. The van der Waals surface area contributed by atoms with Gasteiger partial charge in [-0.15, -0.1) is 0 Å². The molecule has 0 atom stereocenters. The number of benzene rings is 1. The Labute approximate surface area is 124 Å². The van der Waals surface area contributed by atoms with E-state index >= 15 is 0 Å². The Morgan fingerprint density at radius 2 is 2.10 bits per heavy atom. The molecule has 0 saturated carbocycles. The molecule has 4 heteroatoms. The van der Waals surface area contributed by atoms with E-state index in [4.69, 9.17) is 16.9 Å². The maximum atomic E-state index is 8.74. The molecule has 1 aromatic carbocycles. The van der Waals surface area contributed by atoms with Crippen LogP contribution in [0.25, 0.3) is 10.9 Å². The van der Waals surface area contributed by atoms with E-state index in [-0.39, 0.29) is 0 Å². The molecular weight excluding hydrogens is 270 g/mol. The molecule has 104 valence electrons. The minimum atomic E-state index is 0.367. The number of rotatable bonds is 5. The van der Waals surface area contributed by atoms with Crippen LogP contribution in [0.15, 0.2) is 30.3 Å². The number of hydrogen-bond acceptors (Lipinski definition) is 3. The Morgan fingerprint density at radius 1 is 1.35 bits per heavy atom. The van der Waals surface area contributed by atoms with Gasteiger partial charge in [-0.25, -0.2) is 4.98 Å². The van der Waals surface area contributed by atoms with E-state index in [1.165, 1.54) is 0 Å². The first-order valence-corrected chi connectivity index (χ1v) is 7.14. The maximum Gasteiger partial charge on any atom is 0.134 e. The molecule has 0 aliphatic rings. The number of halogens is 1. The molecule has 2 rings (SSSR count). The Kier molecular flexibility index (Phi) is 4.94. The highest BCUT2D eigenvalue weighted by Crippen LogP contribution is 2.22. The lowest BCUT2D eigenvalue weighted by molar-refractivity contribution is 0.218. The van der Waals surface area contributed by atoms with Crippen molar-refractivity contribution in [2.45, 2.75) is 32.9 Å². The maximum absolute atomic E-state index is 8.74. The first-order chi connectivity index (χ1) is 9.61. The van der Waals surface area contributed by atoms with Crippen LogP contribution in [0.5, 0.6) is 0 Å². The number of para-hydroxylation sites is 1. The van der Waals surface area contributed by atoms with Gasteiger partial charge in [-0.05, 0) is 26.0 Å². The van der Waals surface area contributed by atoms with Crippen LogP contribution in [0.1, 0.15) is 25.8 Å². The molecule has 0 fully saturated rings. The summed E-state index contributed by atoms with van der Waals surface area (Å²) in [6.07, 6.45) is 0.525. The number of nitrogens with zero attached hydrogens (tertiary/aromatic N) is 3. The number of fused-ring (bicyclic) bond motifs is 1. The van der Waals surface area contributed by atoms with Crippen molar-refractivity contribution >= 4 is 22.5 Å². The third-order valence-electron chi connectivity index (χ3n) is 3.36. The van der Waals surface area contributed by atoms with Crippen LogP contribution in [0.3, 0.4) is 0 Å². The highest BCUT2D eigenvalue weighted by molar-refractivity contribution is 6.30. The van der Waals surface area contributed by atoms with Gasteiger partial charge in [-0.2, -0.15) is 5.26 Å². The first-order valence-electron chi connectivity index (χ1n) is 6.77. The normalized spacial score (nSPS) is 11.2. The zero-order chi connectivity index (χ0) is 14.5. The fraction of sp³-hybridized carbons (Fsp3) is 0.375. The Hall–Kier alpha value is -1.63. The fourth-order valence-corrected chi connectivity index (χ4v) is 2.38. The summed E-state index contributed by atoms with van der Waals surface area (Å²) in [6, 6.07) is 12.6. The minimum absolute atomic E-state index is 0.367. The van der Waals surface area contributed by atoms with E-state index in [2.05, 4.69) is 35.9 Å². The average molecular weight is 288 g/mol. The van der Waals surface area contributed by atoms with Crippen LogP contribution in [-0.2, 0) is 6.54 Å². The summed E-state index contributed by atoms with van der Waals surface area (Å²) < 4.78 is 0. The van der Waals surface area contributed by atoms with Crippen LogP contribution in [0.2, 0.25) is 5.15 Å². The van der Waals surface area contributed by atoms with E-state index in [9.17, 15) is 0 Å². The van der Waals surface area contributed by atoms with E-state index < -0.39 is 0 Å². The summed E-state index contributed by atoms with van der Waals surface area (Å²) in [5.74, 6) is 0. The predicted octanol–water partition coefficient (Wildman–Crippen LogP) is 4.01. The Balaban J connectivity index is 2.27. The first kappa shape index (κ1) is 14.8. The Bertz CT molecular complexity index is 631. The molecule has 0 bridgehead atoms. The molecule has 0 saturated heterocycles. The van der Waals surface area contributed by atoms with E-state index in [1.54, 1.807) is 0 Å². The highest BCUT2D eigenvalue weighted by Gasteiger charge is 2.13. The molecule has 0 spiro atoms. The topological polar surface area (TPSA) is 39.9 Å². The third-order valence-corrected chi connectivity index (χ3v) is 3.69. The SMILES string of the molecule is CC(C)N(CCC#N)Cc1cc2ccccc2nc1Cl. The van der Waals surface area contributed by atoms with Crippen molar-refractivity contribution in [3.05, 3.63) is 41.0 Å². The number of aromatic nitrogens is 1. The van der Waals surface area contributed by atoms with Crippen molar-refractivity contribution in [3.8, 4) is 6.07 Å². The summed E-state index contributed by atoms with van der Waals surface area (Å²) in [5, 5.41) is 10.4. The van der Waals surface area contributed by atoms with Crippen molar-refractivity contribution in [3.63, 3.8) is 0 Å². The van der Waals surface area contributed by atoms with Gasteiger partial charge in [0.2, 0.25) is 0 Å². The van der Waals surface area contributed by atoms with Crippen LogP contribution in [-0.4, -0.2) is 22.5 Å². The van der Waals surface area contributed by atoms with E-state index in [0.29, 0.717) is 17.6 Å². The lowest BCUT2D eigenvalue weighted by atomic mass is 10.1. The molecular formula is C16H18ClN3. The molecule has 1 aromatic heterocycles. The quantitative estimate of drug-likeness (QED) is 0.780. The predicted molar refractivity (Wildman–Crippen MR) is 82.5 cm³/mol. The van der Waals surface area contributed by atoms with Gasteiger partial charge in [-0.3, -0.25) is 4.90 Å². The number of nitriles is 1. The van der Waals surface area contributed by atoms with Gasteiger partial charge >= 0.3 is 0 Å². The van der Waals surface area contributed by atoms with Crippen LogP contribution < -0.4 is 0 Å².